The third kappa shape index (κ3) is 4.72. The molecule has 0 atom stereocenters. The predicted molar refractivity (Wildman–Crippen MR) is 99.7 cm³/mol. The maximum absolute atomic E-state index is 5.88. The van der Waals surface area contributed by atoms with E-state index >= 15 is 0 Å². The van der Waals surface area contributed by atoms with E-state index in [-0.39, 0.29) is 0 Å². The topological polar surface area (TPSA) is 15.3 Å². The van der Waals surface area contributed by atoms with Crippen LogP contribution in [0, 0.1) is 0 Å². The Bertz CT molecular complexity index is 621. The van der Waals surface area contributed by atoms with Crippen LogP contribution in [0.15, 0.2) is 48.5 Å². The lowest BCUT2D eigenvalue weighted by molar-refractivity contribution is 0.508. The van der Waals surface area contributed by atoms with Crippen molar-refractivity contribution < 1.29 is 0 Å². The van der Waals surface area contributed by atoms with E-state index in [0.717, 1.165) is 17.3 Å². The third-order valence-electron chi connectivity index (χ3n) is 3.51. The minimum atomic E-state index is 0.555. The minimum Gasteiger partial charge on any atom is -0.348 e. The van der Waals surface area contributed by atoms with Gasteiger partial charge in [-0.15, -0.1) is 0 Å². The van der Waals surface area contributed by atoms with Crippen LogP contribution in [0.1, 0.15) is 30.9 Å². The van der Waals surface area contributed by atoms with Gasteiger partial charge in [-0.1, -0.05) is 49.7 Å². The SMILES string of the molecule is CC(C)c1ccc(CN(C)C(=S)Nc2ccc(Cl)cc2)cc1. The van der Waals surface area contributed by atoms with E-state index in [1.165, 1.54) is 11.1 Å². The molecule has 2 nitrogen and oxygen atoms in total. The molecule has 22 heavy (non-hydrogen) atoms. The fourth-order valence-electron chi connectivity index (χ4n) is 2.11. The fourth-order valence-corrected chi connectivity index (χ4v) is 2.41. The summed E-state index contributed by atoms with van der Waals surface area (Å²) in [4.78, 5) is 2.02. The Kier molecular flexibility index (Phi) is 5.81. The summed E-state index contributed by atoms with van der Waals surface area (Å²) in [5, 5.41) is 4.63. The molecule has 0 amide bonds. The quantitative estimate of drug-likeness (QED) is 0.765. The fraction of sp³-hybridized carbons (Fsp3) is 0.278. The minimum absolute atomic E-state index is 0.555. The van der Waals surface area contributed by atoms with Gasteiger partial charge in [0, 0.05) is 24.3 Å². The van der Waals surface area contributed by atoms with Crippen LogP contribution in [-0.2, 0) is 6.54 Å². The molecule has 0 spiro atoms. The second kappa shape index (κ2) is 7.61. The highest BCUT2D eigenvalue weighted by molar-refractivity contribution is 7.80. The lowest BCUT2D eigenvalue weighted by Crippen LogP contribution is -2.30. The second-order valence-corrected chi connectivity index (χ2v) is 6.51. The van der Waals surface area contributed by atoms with Crippen LogP contribution in [0.2, 0.25) is 5.02 Å². The maximum atomic E-state index is 5.88. The van der Waals surface area contributed by atoms with E-state index in [1.807, 2.05) is 36.2 Å². The van der Waals surface area contributed by atoms with Crippen LogP contribution in [0.3, 0.4) is 0 Å². The molecule has 0 bridgehead atoms. The van der Waals surface area contributed by atoms with Crippen molar-refractivity contribution >= 4 is 34.6 Å². The number of rotatable bonds is 4. The average Bonchev–Trinajstić information content (AvgIpc) is 2.50. The van der Waals surface area contributed by atoms with Crippen LogP contribution in [0.25, 0.3) is 0 Å². The smallest absolute Gasteiger partial charge is 0.173 e. The van der Waals surface area contributed by atoms with Crippen molar-refractivity contribution in [2.45, 2.75) is 26.3 Å². The molecular weight excluding hydrogens is 312 g/mol. The second-order valence-electron chi connectivity index (χ2n) is 5.69. The summed E-state index contributed by atoms with van der Waals surface area (Å²) in [5.41, 5.74) is 3.54. The van der Waals surface area contributed by atoms with E-state index in [0.29, 0.717) is 11.0 Å². The first-order valence-corrected chi connectivity index (χ1v) is 8.11. The highest BCUT2D eigenvalue weighted by atomic mass is 35.5. The normalized spacial score (nSPS) is 10.6. The van der Waals surface area contributed by atoms with Gasteiger partial charge in [0.2, 0.25) is 0 Å². The number of hydrogen-bond donors (Lipinski definition) is 1. The molecule has 0 fully saturated rings. The first kappa shape index (κ1) is 16.8. The zero-order valence-electron chi connectivity index (χ0n) is 13.1. The molecule has 0 aliphatic carbocycles. The molecule has 0 saturated carbocycles. The van der Waals surface area contributed by atoms with Gasteiger partial charge in [0.15, 0.2) is 5.11 Å². The molecule has 2 aromatic rings. The zero-order valence-corrected chi connectivity index (χ0v) is 14.7. The van der Waals surface area contributed by atoms with Crippen LogP contribution >= 0.6 is 23.8 Å². The molecule has 116 valence electrons. The highest BCUT2D eigenvalue weighted by Crippen LogP contribution is 2.16. The Morgan fingerprint density at radius 1 is 1.09 bits per heavy atom. The predicted octanol–water partition coefficient (Wildman–Crippen LogP) is 5.29. The molecule has 0 saturated heterocycles. The van der Waals surface area contributed by atoms with E-state index in [4.69, 9.17) is 23.8 Å². The molecule has 0 radical (unpaired) electrons. The summed E-state index contributed by atoms with van der Waals surface area (Å²) < 4.78 is 0. The third-order valence-corrected chi connectivity index (χ3v) is 4.17. The van der Waals surface area contributed by atoms with Crippen molar-refractivity contribution in [1.82, 2.24) is 4.90 Å². The summed E-state index contributed by atoms with van der Waals surface area (Å²) in [5.74, 6) is 0.555. The van der Waals surface area contributed by atoms with Crippen LogP contribution in [0.4, 0.5) is 5.69 Å². The van der Waals surface area contributed by atoms with Gasteiger partial charge in [-0.25, -0.2) is 0 Å². The van der Waals surface area contributed by atoms with Crippen molar-refractivity contribution in [2.24, 2.45) is 0 Å². The van der Waals surface area contributed by atoms with E-state index < -0.39 is 0 Å². The van der Waals surface area contributed by atoms with Crippen LogP contribution < -0.4 is 5.32 Å². The van der Waals surface area contributed by atoms with E-state index in [2.05, 4.69) is 43.4 Å². The Hall–Kier alpha value is -1.58. The summed E-state index contributed by atoms with van der Waals surface area (Å²) in [6.07, 6.45) is 0. The number of thiocarbonyl (C=S) groups is 1. The van der Waals surface area contributed by atoms with Gasteiger partial charge in [0.05, 0.1) is 0 Å². The van der Waals surface area contributed by atoms with E-state index in [9.17, 15) is 0 Å². The number of anilines is 1. The molecular formula is C18H21ClN2S. The molecule has 0 heterocycles. The van der Waals surface area contributed by atoms with Gasteiger partial charge in [-0.3, -0.25) is 0 Å². The number of hydrogen-bond acceptors (Lipinski definition) is 1. The van der Waals surface area contributed by atoms with Crippen molar-refractivity contribution in [3.63, 3.8) is 0 Å². The number of benzene rings is 2. The Morgan fingerprint density at radius 2 is 1.68 bits per heavy atom. The summed E-state index contributed by atoms with van der Waals surface area (Å²) >= 11 is 11.3. The summed E-state index contributed by atoms with van der Waals surface area (Å²) in [7, 11) is 1.99. The molecule has 0 unspecified atom stereocenters. The van der Waals surface area contributed by atoms with Gasteiger partial charge < -0.3 is 10.2 Å². The van der Waals surface area contributed by atoms with Gasteiger partial charge in [0.25, 0.3) is 0 Å². The van der Waals surface area contributed by atoms with Crippen molar-refractivity contribution in [3.05, 3.63) is 64.7 Å². The monoisotopic (exact) mass is 332 g/mol. The first-order chi connectivity index (χ1) is 10.5. The van der Waals surface area contributed by atoms with Crippen molar-refractivity contribution in [3.8, 4) is 0 Å². The summed E-state index contributed by atoms with van der Waals surface area (Å²) in [6.45, 7) is 5.18. The Balaban J connectivity index is 1.94. The van der Waals surface area contributed by atoms with Crippen molar-refractivity contribution in [2.75, 3.05) is 12.4 Å². The van der Waals surface area contributed by atoms with Crippen LogP contribution in [-0.4, -0.2) is 17.1 Å². The van der Waals surface area contributed by atoms with E-state index in [1.54, 1.807) is 0 Å². The molecule has 4 heteroatoms. The first-order valence-electron chi connectivity index (χ1n) is 7.32. The molecule has 1 N–H and O–H groups in total. The number of halogens is 1. The average molecular weight is 333 g/mol. The number of nitrogens with one attached hydrogen (secondary N) is 1. The van der Waals surface area contributed by atoms with Gasteiger partial charge in [-0.05, 0) is 53.5 Å². The van der Waals surface area contributed by atoms with Crippen molar-refractivity contribution in [1.29, 1.82) is 0 Å². The highest BCUT2D eigenvalue weighted by Gasteiger charge is 2.06. The standard InChI is InChI=1S/C18H21ClN2S/c1-13(2)15-6-4-14(5-7-15)12-21(3)18(22)20-17-10-8-16(19)9-11-17/h4-11,13H,12H2,1-3H3,(H,20,22). The van der Waals surface area contributed by atoms with Gasteiger partial charge in [0.1, 0.15) is 0 Å². The zero-order chi connectivity index (χ0) is 16.1. The van der Waals surface area contributed by atoms with Crippen LogP contribution in [0.5, 0.6) is 0 Å². The lowest BCUT2D eigenvalue weighted by atomic mass is 10.0. The molecule has 0 aliphatic heterocycles. The molecule has 0 aliphatic rings. The Labute approximate surface area is 143 Å². The maximum Gasteiger partial charge on any atom is 0.173 e. The molecule has 0 aromatic heterocycles. The van der Waals surface area contributed by atoms with Gasteiger partial charge >= 0.3 is 0 Å². The Morgan fingerprint density at radius 3 is 2.23 bits per heavy atom. The molecule has 2 rings (SSSR count). The lowest BCUT2D eigenvalue weighted by Gasteiger charge is -2.21. The molecule has 2 aromatic carbocycles. The largest absolute Gasteiger partial charge is 0.348 e. The summed E-state index contributed by atoms with van der Waals surface area (Å²) in [6, 6.07) is 16.2. The number of nitrogens with zero attached hydrogens (tertiary/aromatic N) is 1. The van der Waals surface area contributed by atoms with Gasteiger partial charge in [-0.2, -0.15) is 0 Å².